The molecule has 1 heterocycles. The number of allylic oxidation sites excluding steroid dienone is 1. The van der Waals surface area contributed by atoms with Crippen LogP contribution in [0.3, 0.4) is 0 Å². The molecule has 0 radical (unpaired) electrons. The van der Waals surface area contributed by atoms with Crippen LogP contribution in [0.25, 0.3) is 0 Å². The molecule has 1 aliphatic heterocycles. The molecule has 0 aromatic heterocycles. The molecule has 3 heteroatoms. The molecule has 0 fully saturated rings. The molecule has 0 saturated heterocycles. The molecular weight excluding hydrogens is 215 g/mol. The van der Waals surface area contributed by atoms with E-state index in [1.54, 1.807) is 0 Å². The zero-order valence-corrected chi connectivity index (χ0v) is 9.68. The van der Waals surface area contributed by atoms with Crippen molar-refractivity contribution in [2.45, 2.75) is 13.3 Å². The molecule has 0 spiro atoms. The predicted molar refractivity (Wildman–Crippen MR) is 61.9 cm³/mol. The lowest BCUT2D eigenvalue weighted by atomic mass is 10.3. The highest BCUT2D eigenvalue weighted by molar-refractivity contribution is 7.74. The van der Waals surface area contributed by atoms with Gasteiger partial charge in [-0.2, -0.15) is 0 Å². The zero-order valence-electron chi connectivity index (χ0n) is 8.03. The van der Waals surface area contributed by atoms with Gasteiger partial charge in [0.2, 0.25) is 0 Å². The van der Waals surface area contributed by atoms with E-state index in [-0.39, 0.29) is 0 Å². The third kappa shape index (κ3) is 1.80. The Kier molecular flexibility index (Phi) is 2.55. The van der Waals surface area contributed by atoms with Crippen molar-refractivity contribution in [2.75, 3.05) is 6.16 Å². The van der Waals surface area contributed by atoms with Gasteiger partial charge in [-0.3, -0.25) is 0 Å². The van der Waals surface area contributed by atoms with E-state index in [9.17, 15) is 4.57 Å². The molecule has 0 amide bonds. The van der Waals surface area contributed by atoms with Crippen molar-refractivity contribution < 1.29 is 4.57 Å². The van der Waals surface area contributed by atoms with Crippen LogP contribution in [0, 0.1) is 0 Å². The molecule has 1 aliphatic rings. The van der Waals surface area contributed by atoms with Gasteiger partial charge in [-0.05, 0) is 31.3 Å². The van der Waals surface area contributed by atoms with E-state index in [0.29, 0.717) is 5.02 Å². The molecule has 0 N–H and O–H groups in total. The molecule has 0 saturated carbocycles. The van der Waals surface area contributed by atoms with E-state index in [1.807, 2.05) is 37.0 Å². The fourth-order valence-corrected chi connectivity index (χ4v) is 4.77. The van der Waals surface area contributed by atoms with E-state index in [2.05, 4.69) is 0 Å². The minimum absolute atomic E-state index is 0.663. The summed E-state index contributed by atoms with van der Waals surface area (Å²) in [6.07, 6.45) is 1.71. The fraction of sp³-hybridized carbons (Fsp3) is 0.273. The topological polar surface area (TPSA) is 17.1 Å². The monoisotopic (exact) mass is 226 g/mol. The molecule has 1 unspecified atom stereocenters. The summed E-state index contributed by atoms with van der Waals surface area (Å²) in [7, 11) is -2.25. The van der Waals surface area contributed by atoms with Gasteiger partial charge in [0.1, 0.15) is 7.14 Å². The average Bonchev–Trinajstić information content (AvgIpc) is 2.48. The predicted octanol–water partition coefficient (Wildman–Crippen LogP) is 3.64. The number of benzene rings is 1. The molecule has 74 valence electrons. The Balaban J connectivity index is 2.46. The first-order chi connectivity index (χ1) is 6.60. The molecule has 1 aromatic rings. The smallest absolute Gasteiger partial charge is 0.136 e. The van der Waals surface area contributed by atoms with Crippen LogP contribution in [-0.2, 0) is 4.57 Å². The van der Waals surface area contributed by atoms with Crippen LogP contribution >= 0.6 is 18.7 Å². The van der Waals surface area contributed by atoms with E-state index in [1.165, 1.54) is 5.57 Å². The highest BCUT2D eigenvalue weighted by Gasteiger charge is 2.26. The summed E-state index contributed by atoms with van der Waals surface area (Å²) in [5.74, 6) is 1.93. The fourth-order valence-electron chi connectivity index (χ4n) is 1.74. The maximum absolute atomic E-state index is 12.4. The molecule has 1 atom stereocenters. The number of hydrogen-bond acceptors (Lipinski definition) is 1. The van der Waals surface area contributed by atoms with Gasteiger partial charge in [-0.1, -0.05) is 29.3 Å². The number of rotatable bonds is 1. The van der Waals surface area contributed by atoms with Crippen LogP contribution in [-0.4, -0.2) is 6.16 Å². The third-order valence-electron chi connectivity index (χ3n) is 2.51. The third-order valence-corrected chi connectivity index (χ3v) is 5.65. The second kappa shape index (κ2) is 3.56. The van der Waals surface area contributed by atoms with Crippen molar-refractivity contribution in [1.29, 1.82) is 0 Å². The lowest BCUT2D eigenvalue weighted by molar-refractivity contribution is 0.587. The van der Waals surface area contributed by atoms with E-state index >= 15 is 0 Å². The van der Waals surface area contributed by atoms with Crippen LogP contribution in [0.4, 0.5) is 0 Å². The van der Waals surface area contributed by atoms with Crippen molar-refractivity contribution in [1.82, 2.24) is 0 Å². The standard InChI is InChI=1S/C11H12ClOP/c1-9-5-6-14(13,8-9)11-4-2-3-10(12)7-11/h2-4,7-8H,5-6H2,1H3. The van der Waals surface area contributed by atoms with Gasteiger partial charge in [-0.15, -0.1) is 0 Å². The van der Waals surface area contributed by atoms with Crippen molar-refractivity contribution in [2.24, 2.45) is 0 Å². The van der Waals surface area contributed by atoms with Crippen molar-refractivity contribution in [3.05, 3.63) is 40.7 Å². The van der Waals surface area contributed by atoms with E-state index in [0.717, 1.165) is 17.9 Å². The maximum atomic E-state index is 12.4. The Hall–Kier alpha value is -0.520. The zero-order chi connectivity index (χ0) is 10.2. The van der Waals surface area contributed by atoms with Crippen LogP contribution in [0.2, 0.25) is 5.02 Å². The average molecular weight is 227 g/mol. The highest BCUT2D eigenvalue weighted by atomic mass is 35.5. The Labute approximate surface area is 89.2 Å². The summed E-state index contributed by atoms with van der Waals surface area (Å²) in [6, 6.07) is 7.39. The molecule has 0 bridgehead atoms. The van der Waals surface area contributed by atoms with E-state index < -0.39 is 7.14 Å². The summed E-state index contributed by atoms with van der Waals surface area (Å²) in [4.78, 5) is 0. The van der Waals surface area contributed by atoms with Gasteiger partial charge in [0.15, 0.2) is 0 Å². The summed E-state index contributed by atoms with van der Waals surface area (Å²) >= 11 is 5.88. The second-order valence-corrected chi connectivity index (χ2v) is 6.97. The molecule has 14 heavy (non-hydrogen) atoms. The van der Waals surface area contributed by atoms with Crippen LogP contribution in [0.15, 0.2) is 35.7 Å². The normalized spacial score (nSPS) is 26.3. The Morgan fingerprint density at radius 3 is 2.79 bits per heavy atom. The summed E-state index contributed by atoms with van der Waals surface area (Å²) in [5, 5.41) is 1.55. The number of halogens is 1. The van der Waals surface area contributed by atoms with Gasteiger partial charge in [0, 0.05) is 16.5 Å². The van der Waals surface area contributed by atoms with Crippen LogP contribution in [0.5, 0.6) is 0 Å². The Bertz CT molecular complexity index is 437. The van der Waals surface area contributed by atoms with Crippen molar-refractivity contribution >= 4 is 24.0 Å². The highest BCUT2D eigenvalue weighted by Crippen LogP contribution is 2.53. The Morgan fingerprint density at radius 2 is 2.21 bits per heavy atom. The van der Waals surface area contributed by atoms with Crippen LogP contribution < -0.4 is 5.30 Å². The minimum atomic E-state index is -2.25. The van der Waals surface area contributed by atoms with Gasteiger partial charge >= 0.3 is 0 Å². The molecular formula is C11H12ClOP. The lowest BCUT2D eigenvalue weighted by Crippen LogP contribution is -2.02. The maximum Gasteiger partial charge on any atom is 0.136 e. The number of hydrogen-bond donors (Lipinski definition) is 0. The van der Waals surface area contributed by atoms with Gasteiger partial charge in [0.25, 0.3) is 0 Å². The first kappa shape index (κ1) is 10.0. The summed E-state index contributed by atoms with van der Waals surface area (Å²) < 4.78 is 12.4. The summed E-state index contributed by atoms with van der Waals surface area (Å²) in [5.41, 5.74) is 1.23. The Morgan fingerprint density at radius 1 is 1.43 bits per heavy atom. The van der Waals surface area contributed by atoms with Gasteiger partial charge in [-0.25, -0.2) is 0 Å². The van der Waals surface area contributed by atoms with E-state index in [4.69, 9.17) is 11.6 Å². The minimum Gasteiger partial charge on any atom is -0.314 e. The largest absolute Gasteiger partial charge is 0.314 e. The molecule has 1 nitrogen and oxygen atoms in total. The first-order valence-electron chi connectivity index (χ1n) is 4.63. The van der Waals surface area contributed by atoms with Crippen LogP contribution in [0.1, 0.15) is 13.3 Å². The van der Waals surface area contributed by atoms with Gasteiger partial charge in [0.05, 0.1) is 0 Å². The molecule has 1 aromatic carbocycles. The first-order valence-corrected chi connectivity index (χ1v) is 6.97. The van der Waals surface area contributed by atoms with Crippen molar-refractivity contribution in [3.8, 4) is 0 Å². The van der Waals surface area contributed by atoms with Gasteiger partial charge < -0.3 is 4.57 Å². The lowest BCUT2D eigenvalue weighted by Gasteiger charge is -2.09. The SMILES string of the molecule is CC1=CP(=O)(c2cccc(Cl)c2)CC1. The second-order valence-electron chi connectivity index (χ2n) is 3.72. The summed E-state index contributed by atoms with van der Waals surface area (Å²) in [6.45, 7) is 2.03. The molecule has 0 aliphatic carbocycles. The van der Waals surface area contributed by atoms with Crippen molar-refractivity contribution in [3.63, 3.8) is 0 Å². The molecule has 2 rings (SSSR count). The quantitative estimate of drug-likeness (QED) is 0.669.